The Kier molecular flexibility index (Phi) is 5.85. The summed E-state index contributed by atoms with van der Waals surface area (Å²) >= 11 is 6.62. The van der Waals surface area contributed by atoms with Crippen molar-refractivity contribution in [3.05, 3.63) is 62.7 Å². The van der Waals surface area contributed by atoms with Gasteiger partial charge in [-0.05, 0) is 40.2 Å². The van der Waals surface area contributed by atoms with E-state index >= 15 is 0 Å². The van der Waals surface area contributed by atoms with E-state index in [2.05, 4.69) is 37.0 Å². The number of methoxy groups -OCH3 is 2. The molecule has 0 aliphatic rings. The van der Waals surface area contributed by atoms with E-state index in [0.29, 0.717) is 14.6 Å². The lowest BCUT2D eigenvalue weighted by Gasteiger charge is -2.07. The first-order valence-electron chi connectivity index (χ1n) is 7.92. The molecule has 28 heavy (non-hydrogen) atoms. The van der Waals surface area contributed by atoms with E-state index in [9.17, 15) is 14.7 Å². The van der Waals surface area contributed by atoms with Crippen LogP contribution < -0.4 is 0 Å². The summed E-state index contributed by atoms with van der Waals surface area (Å²) in [5.41, 5.74) is 0.634. The number of esters is 2. The average molecular weight is 510 g/mol. The van der Waals surface area contributed by atoms with Gasteiger partial charge < -0.3 is 14.6 Å². The highest BCUT2D eigenvalue weighted by molar-refractivity contribution is 9.11. The van der Waals surface area contributed by atoms with Crippen molar-refractivity contribution in [2.45, 2.75) is 0 Å². The minimum Gasteiger partial charge on any atom is -0.506 e. The van der Waals surface area contributed by atoms with Crippen LogP contribution in [0.25, 0.3) is 16.9 Å². The first kappa shape index (κ1) is 20.1. The molecule has 0 atom stereocenters. The molecule has 0 aliphatic heterocycles. The quantitative estimate of drug-likeness (QED) is 0.526. The van der Waals surface area contributed by atoms with Crippen molar-refractivity contribution < 1.29 is 24.2 Å². The predicted octanol–water partition coefficient (Wildman–Crippen LogP) is 4.34. The van der Waals surface area contributed by atoms with E-state index in [1.807, 2.05) is 6.07 Å². The maximum absolute atomic E-state index is 12.6. The molecular weight excluding hydrogens is 496 g/mol. The fourth-order valence-electron chi connectivity index (χ4n) is 2.69. The molecule has 0 saturated heterocycles. The Bertz CT molecular complexity index is 1060. The lowest BCUT2D eigenvalue weighted by Crippen LogP contribution is -2.15. The zero-order valence-electron chi connectivity index (χ0n) is 14.8. The fraction of sp³-hybridized carbons (Fsp3) is 0.105. The molecule has 0 amide bonds. The molecule has 2 aromatic carbocycles. The molecule has 0 fully saturated rings. The van der Waals surface area contributed by atoms with Crippen LogP contribution in [0.1, 0.15) is 20.8 Å². The molecule has 9 heteroatoms. The summed E-state index contributed by atoms with van der Waals surface area (Å²) in [6.07, 6.45) is 0. The van der Waals surface area contributed by atoms with Crippen molar-refractivity contribution >= 4 is 43.8 Å². The SMILES string of the molecule is COC(=O)c1c(-c2cc(Br)cc(Br)c2O)nn(-c2ccccc2)c1C(=O)OC. The van der Waals surface area contributed by atoms with Crippen molar-refractivity contribution in [3.63, 3.8) is 0 Å². The Morgan fingerprint density at radius 3 is 2.29 bits per heavy atom. The van der Waals surface area contributed by atoms with Gasteiger partial charge in [-0.15, -0.1) is 0 Å². The molecular formula is C19H14Br2N2O5. The molecule has 1 heterocycles. The molecule has 1 N–H and O–H groups in total. The van der Waals surface area contributed by atoms with Crippen LogP contribution in [0.4, 0.5) is 0 Å². The number of carbonyl (C=O) groups excluding carboxylic acids is 2. The van der Waals surface area contributed by atoms with Gasteiger partial charge in [0.1, 0.15) is 17.0 Å². The maximum Gasteiger partial charge on any atom is 0.357 e. The minimum atomic E-state index is -0.784. The first-order chi connectivity index (χ1) is 13.4. The van der Waals surface area contributed by atoms with E-state index in [1.54, 1.807) is 36.4 Å². The smallest absolute Gasteiger partial charge is 0.357 e. The van der Waals surface area contributed by atoms with Gasteiger partial charge in [0.25, 0.3) is 0 Å². The van der Waals surface area contributed by atoms with Crippen LogP contribution in [0.2, 0.25) is 0 Å². The number of para-hydroxylation sites is 1. The lowest BCUT2D eigenvalue weighted by molar-refractivity contribution is 0.0549. The number of hydrogen-bond acceptors (Lipinski definition) is 6. The number of nitrogens with zero attached hydrogens (tertiary/aromatic N) is 2. The number of ether oxygens (including phenoxy) is 2. The second kappa shape index (κ2) is 8.15. The van der Waals surface area contributed by atoms with Gasteiger partial charge in [-0.2, -0.15) is 5.10 Å². The molecule has 7 nitrogen and oxygen atoms in total. The molecule has 3 aromatic rings. The molecule has 144 valence electrons. The van der Waals surface area contributed by atoms with E-state index < -0.39 is 11.9 Å². The molecule has 0 radical (unpaired) electrons. The highest BCUT2D eigenvalue weighted by Gasteiger charge is 2.32. The van der Waals surface area contributed by atoms with Gasteiger partial charge in [-0.1, -0.05) is 34.1 Å². The van der Waals surface area contributed by atoms with Crippen LogP contribution in [0.3, 0.4) is 0 Å². The van der Waals surface area contributed by atoms with Crippen LogP contribution in [0.5, 0.6) is 5.75 Å². The standard InChI is InChI=1S/C19H14Br2N2O5/c1-27-18(25)14-15(12-8-10(20)9-13(21)17(12)24)22-23(16(14)19(26)28-2)11-6-4-3-5-7-11/h3-9,24H,1-2H3. The van der Waals surface area contributed by atoms with Crippen molar-refractivity contribution in [2.75, 3.05) is 14.2 Å². The summed E-state index contributed by atoms with van der Waals surface area (Å²) in [6.45, 7) is 0. The van der Waals surface area contributed by atoms with Crippen LogP contribution in [0, 0.1) is 0 Å². The van der Waals surface area contributed by atoms with Crippen molar-refractivity contribution in [1.82, 2.24) is 9.78 Å². The normalized spacial score (nSPS) is 10.6. The molecule has 0 spiro atoms. The highest BCUT2D eigenvalue weighted by atomic mass is 79.9. The zero-order valence-corrected chi connectivity index (χ0v) is 17.9. The zero-order chi connectivity index (χ0) is 20.4. The molecule has 3 rings (SSSR count). The predicted molar refractivity (Wildman–Crippen MR) is 109 cm³/mol. The summed E-state index contributed by atoms with van der Waals surface area (Å²) in [5.74, 6) is -1.69. The number of carbonyl (C=O) groups is 2. The number of phenols is 1. The number of hydrogen-bond donors (Lipinski definition) is 1. The largest absolute Gasteiger partial charge is 0.506 e. The van der Waals surface area contributed by atoms with Gasteiger partial charge in [-0.3, -0.25) is 0 Å². The Hall–Kier alpha value is -2.65. The van der Waals surface area contributed by atoms with Gasteiger partial charge in [0.15, 0.2) is 5.69 Å². The number of aromatic nitrogens is 2. The minimum absolute atomic E-state index is 0.0793. The molecule has 1 aromatic heterocycles. The summed E-state index contributed by atoms with van der Waals surface area (Å²) in [4.78, 5) is 25.1. The highest BCUT2D eigenvalue weighted by Crippen LogP contribution is 2.40. The maximum atomic E-state index is 12.6. The Labute approximate surface area is 177 Å². The third-order valence-electron chi connectivity index (χ3n) is 3.94. The number of benzene rings is 2. The third kappa shape index (κ3) is 3.55. The topological polar surface area (TPSA) is 90.6 Å². The molecule has 0 unspecified atom stereocenters. The van der Waals surface area contributed by atoms with Crippen LogP contribution in [-0.2, 0) is 9.47 Å². The van der Waals surface area contributed by atoms with Gasteiger partial charge in [-0.25, -0.2) is 14.3 Å². The van der Waals surface area contributed by atoms with Crippen LogP contribution >= 0.6 is 31.9 Å². The summed E-state index contributed by atoms with van der Waals surface area (Å²) in [6, 6.07) is 12.0. The monoisotopic (exact) mass is 508 g/mol. The molecule has 0 bridgehead atoms. The van der Waals surface area contributed by atoms with Crippen molar-refractivity contribution in [1.29, 1.82) is 0 Å². The van der Waals surface area contributed by atoms with E-state index in [0.717, 1.165) is 0 Å². The Balaban J connectivity index is 2.43. The summed E-state index contributed by atoms with van der Waals surface area (Å²) in [7, 11) is 2.41. The van der Waals surface area contributed by atoms with Crippen molar-refractivity contribution in [2.24, 2.45) is 0 Å². The van der Waals surface area contributed by atoms with Crippen LogP contribution in [-0.4, -0.2) is 41.0 Å². The third-order valence-corrected chi connectivity index (χ3v) is 5.00. The fourth-order valence-corrected chi connectivity index (χ4v) is 3.91. The van der Waals surface area contributed by atoms with E-state index in [1.165, 1.54) is 18.9 Å². The van der Waals surface area contributed by atoms with Crippen LogP contribution in [0.15, 0.2) is 51.4 Å². The van der Waals surface area contributed by atoms with Gasteiger partial charge in [0.2, 0.25) is 0 Å². The first-order valence-corrected chi connectivity index (χ1v) is 9.51. The van der Waals surface area contributed by atoms with Crippen molar-refractivity contribution in [3.8, 4) is 22.7 Å². The average Bonchev–Trinajstić information content (AvgIpc) is 3.10. The number of halogens is 2. The number of phenolic OH excluding ortho intramolecular Hbond substituents is 1. The molecule has 0 aliphatic carbocycles. The molecule has 0 saturated carbocycles. The van der Waals surface area contributed by atoms with E-state index in [4.69, 9.17) is 9.47 Å². The second-order valence-electron chi connectivity index (χ2n) is 5.59. The van der Waals surface area contributed by atoms with Gasteiger partial charge in [0.05, 0.1) is 24.4 Å². The number of aromatic hydroxyl groups is 1. The summed E-state index contributed by atoms with van der Waals surface area (Å²) < 4.78 is 12.1. The van der Waals surface area contributed by atoms with E-state index in [-0.39, 0.29) is 28.3 Å². The summed E-state index contributed by atoms with van der Waals surface area (Å²) in [5, 5.41) is 15.0. The Morgan fingerprint density at radius 1 is 1.04 bits per heavy atom. The van der Waals surface area contributed by atoms with Gasteiger partial charge in [0, 0.05) is 10.0 Å². The second-order valence-corrected chi connectivity index (χ2v) is 7.36. The number of rotatable bonds is 4. The van der Waals surface area contributed by atoms with Gasteiger partial charge >= 0.3 is 11.9 Å². The lowest BCUT2D eigenvalue weighted by atomic mass is 10.0. The Morgan fingerprint density at radius 2 is 1.68 bits per heavy atom.